The van der Waals surface area contributed by atoms with E-state index in [0.717, 1.165) is 16.3 Å². The summed E-state index contributed by atoms with van der Waals surface area (Å²) in [6, 6.07) is 19.9. The topological polar surface area (TPSA) is 190 Å². The van der Waals surface area contributed by atoms with Crippen LogP contribution in [0.25, 0.3) is 10.8 Å². The number of fused-ring (bicyclic) bond motifs is 1. The van der Waals surface area contributed by atoms with E-state index in [1.165, 1.54) is 6.92 Å². The molecular formula is C33H43N7O5. The van der Waals surface area contributed by atoms with Crippen LogP contribution in [-0.2, 0) is 25.7 Å². The van der Waals surface area contributed by atoms with Gasteiger partial charge in [-0.25, -0.2) is 4.79 Å². The van der Waals surface area contributed by atoms with E-state index in [-0.39, 0.29) is 24.9 Å². The molecule has 12 nitrogen and oxygen atoms in total. The van der Waals surface area contributed by atoms with Crippen LogP contribution in [0.3, 0.4) is 0 Å². The van der Waals surface area contributed by atoms with Crippen LogP contribution in [0, 0.1) is 5.92 Å². The third kappa shape index (κ3) is 11.8. The Morgan fingerprint density at radius 2 is 1.47 bits per heavy atom. The van der Waals surface area contributed by atoms with Crippen LogP contribution >= 0.6 is 0 Å². The van der Waals surface area contributed by atoms with Gasteiger partial charge in [-0.15, -0.1) is 0 Å². The zero-order valence-electron chi connectivity index (χ0n) is 25.9. The number of rotatable bonds is 15. The van der Waals surface area contributed by atoms with E-state index in [0.29, 0.717) is 25.1 Å². The second-order valence-electron chi connectivity index (χ2n) is 11.2. The van der Waals surface area contributed by atoms with Crippen LogP contribution in [0.1, 0.15) is 45.6 Å². The molecule has 0 radical (unpaired) electrons. The van der Waals surface area contributed by atoms with E-state index in [2.05, 4.69) is 26.3 Å². The fraction of sp³-hybridized carbons (Fsp3) is 0.364. The third-order valence-corrected chi connectivity index (χ3v) is 6.88. The number of nitrogens with two attached hydrogens (primary N) is 2. The molecule has 0 aliphatic carbocycles. The summed E-state index contributed by atoms with van der Waals surface area (Å²) in [4.78, 5) is 56.0. The number of carbonyl (C=O) groups excluding carboxylic acids is 4. The molecule has 3 aromatic rings. The first-order chi connectivity index (χ1) is 21.5. The molecule has 8 N–H and O–H groups in total. The normalized spacial score (nSPS) is 12.8. The van der Waals surface area contributed by atoms with Crippen molar-refractivity contribution in [2.75, 3.05) is 11.9 Å². The highest BCUT2D eigenvalue weighted by molar-refractivity contribution is 6.02. The fourth-order valence-electron chi connectivity index (χ4n) is 4.56. The van der Waals surface area contributed by atoms with Crippen molar-refractivity contribution in [3.63, 3.8) is 0 Å². The van der Waals surface area contributed by atoms with Crippen molar-refractivity contribution in [3.8, 4) is 0 Å². The first-order valence-corrected chi connectivity index (χ1v) is 14.9. The molecule has 12 heteroatoms. The Kier molecular flexibility index (Phi) is 13.2. The van der Waals surface area contributed by atoms with Gasteiger partial charge in [0.15, 0.2) is 5.96 Å². The highest BCUT2D eigenvalue weighted by Gasteiger charge is 2.29. The molecule has 0 aromatic heterocycles. The number of hydrogen-bond acceptors (Lipinski definition) is 7. The Bertz CT molecular complexity index is 1470. The van der Waals surface area contributed by atoms with Crippen LogP contribution in [0.15, 0.2) is 77.8 Å². The summed E-state index contributed by atoms with van der Waals surface area (Å²) in [5, 5.41) is 12.9. The van der Waals surface area contributed by atoms with E-state index >= 15 is 0 Å². The molecule has 0 fully saturated rings. The van der Waals surface area contributed by atoms with Crippen molar-refractivity contribution >= 4 is 46.2 Å². The number of aliphatic imine (C=N–C) groups is 1. The zero-order chi connectivity index (χ0) is 32.8. The van der Waals surface area contributed by atoms with Gasteiger partial charge in [-0.3, -0.25) is 24.7 Å². The lowest BCUT2D eigenvalue weighted by atomic mass is 10.0. The van der Waals surface area contributed by atoms with E-state index in [9.17, 15) is 19.2 Å². The van der Waals surface area contributed by atoms with Gasteiger partial charge in [0.1, 0.15) is 24.7 Å². The molecule has 0 aliphatic rings. The van der Waals surface area contributed by atoms with Crippen molar-refractivity contribution in [3.05, 3.63) is 78.4 Å². The highest BCUT2D eigenvalue weighted by Crippen LogP contribution is 2.20. The molecule has 0 unspecified atom stereocenters. The van der Waals surface area contributed by atoms with Crippen molar-refractivity contribution in [2.45, 2.75) is 64.8 Å². The van der Waals surface area contributed by atoms with Gasteiger partial charge >= 0.3 is 6.09 Å². The summed E-state index contributed by atoms with van der Waals surface area (Å²) in [6.45, 7) is 5.62. The van der Waals surface area contributed by atoms with Gasteiger partial charge in [-0.05, 0) is 60.6 Å². The average molecular weight is 618 g/mol. The van der Waals surface area contributed by atoms with Crippen LogP contribution in [0.2, 0.25) is 0 Å². The molecule has 240 valence electrons. The molecule has 0 bridgehead atoms. The first kappa shape index (κ1) is 34.4. The lowest BCUT2D eigenvalue weighted by Crippen LogP contribution is -2.55. The third-order valence-electron chi connectivity index (χ3n) is 6.88. The Balaban J connectivity index is 1.64. The maximum absolute atomic E-state index is 13.4. The molecule has 45 heavy (non-hydrogen) atoms. The van der Waals surface area contributed by atoms with E-state index < -0.39 is 41.9 Å². The Morgan fingerprint density at radius 1 is 0.800 bits per heavy atom. The second-order valence-corrected chi connectivity index (χ2v) is 11.2. The summed E-state index contributed by atoms with van der Waals surface area (Å²) in [7, 11) is 0. The number of carbonyl (C=O) groups is 4. The first-order valence-electron chi connectivity index (χ1n) is 14.9. The number of imide groups is 1. The highest BCUT2D eigenvalue weighted by atomic mass is 16.5. The smallest absolute Gasteiger partial charge is 0.408 e. The molecular weight excluding hydrogens is 574 g/mol. The summed E-state index contributed by atoms with van der Waals surface area (Å²) in [5.41, 5.74) is 12.4. The lowest BCUT2D eigenvalue weighted by Gasteiger charge is -2.24. The number of anilines is 1. The van der Waals surface area contributed by atoms with Crippen LogP contribution in [0.5, 0.6) is 0 Å². The summed E-state index contributed by atoms with van der Waals surface area (Å²) in [6.07, 6.45) is 0.296. The largest absolute Gasteiger partial charge is 0.445 e. The minimum atomic E-state index is -1.02. The van der Waals surface area contributed by atoms with Gasteiger partial charge in [0.2, 0.25) is 17.7 Å². The van der Waals surface area contributed by atoms with Gasteiger partial charge in [0, 0.05) is 12.2 Å². The molecule has 0 heterocycles. The number of alkyl carbamates (subject to hydrolysis) is 1. The van der Waals surface area contributed by atoms with Crippen molar-refractivity contribution < 1.29 is 23.9 Å². The van der Waals surface area contributed by atoms with Gasteiger partial charge in [0.25, 0.3) is 0 Å². The number of nitrogens with zero attached hydrogens (tertiary/aromatic N) is 1. The van der Waals surface area contributed by atoms with Gasteiger partial charge in [0.05, 0.1) is 0 Å². The minimum absolute atomic E-state index is 0.0151. The number of guanidine groups is 1. The molecule has 0 aliphatic heterocycles. The molecule has 3 rings (SSSR count). The van der Waals surface area contributed by atoms with Crippen molar-refractivity contribution in [2.24, 2.45) is 22.4 Å². The lowest BCUT2D eigenvalue weighted by molar-refractivity contribution is -0.135. The number of benzene rings is 3. The van der Waals surface area contributed by atoms with E-state index in [1.807, 2.05) is 86.6 Å². The van der Waals surface area contributed by atoms with Crippen LogP contribution in [0.4, 0.5) is 10.5 Å². The fourth-order valence-corrected chi connectivity index (χ4v) is 4.56. The quantitative estimate of drug-likeness (QED) is 0.0851. The number of amides is 4. The number of hydrogen-bond donors (Lipinski definition) is 6. The summed E-state index contributed by atoms with van der Waals surface area (Å²) >= 11 is 0. The molecule has 0 spiro atoms. The average Bonchev–Trinajstić information content (AvgIpc) is 3.01. The SMILES string of the molecule is CC(C)C[C@H](NC(=O)[C@@H](C)NC(=O)OCc1ccccc1)C(=O)NC(=O)[C@H](CCCN=C(N)N)Nc1ccc2ccccc2c1. The number of nitrogens with one attached hydrogen (secondary N) is 4. The molecule has 3 atom stereocenters. The van der Waals surface area contributed by atoms with Crippen molar-refractivity contribution in [1.82, 2.24) is 16.0 Å². The summed E-state index contributed by atoms with van der Waals surface area (Å²) < 4.78 is 5.19. The Labute approximate surface area is 263 Å². The molecule has 0 saturated heterocycles. The predicted octanol–water partition coefficient (Wildman–Crippen LogP) is 3.16. The predicted molar refractivity (Wildman–Crippen MR) is 175 cm³/mol. The van der Waals surface area contributed by atoms with Gasteiger partial charge in [-0.1, -0.05) is 74.5 Å². The molecule has 0 saturated carbocycles. The van der Waals surface area contributed by atoms with Gasteiger partial charge < -0.3 is 32.2 Å². The van der Waals surface area contributed by atoms with E-state index in [4.69, 9.17) is 16.2 Å². The van der Waals surface area contributed by atoms with Crippen molar-refractivity contribution in [1.29, 1.82) is 0 Å². The van der Waals surface area contributed by atoms with Crippen LogP contribution in [-0.4, -0.2) is 54.4 Å². The zero-order valence-corrected chi connectivity index (χ0v) is 25.9. The standard InChI is InChI=1S/C33H43N7O5/c1-21(2)18-28(39-29(41)22(3)37-33(44)45-20-23-10-5-4-6-11-23)31(43)40-30(42)27(14-9-17-36-32(34)35)38-26-16-15-24-12-7-8-13-25(24)19-26/h4-8,10-13,15-16,19,21-22,27-28,38H,9,14,17-18,20H2,1-3H3,(H,37,44)(H,39,41)(H4,34,35,36)(H,40,42,43)/t22-,27+,28+/m1/s1. The molecule has 3 aromatic carbocycles. The maximum Gasteiger partial charge on any atom is 0.408 e. The maximum atomic E-state index is 13.4. The minimum Gasteiger partial charge on any atom is -0.445 e. The number of ether oxygens (including phenoxy) is 1. The Morgan fingerprint density at radius 3 is 2.16 bits per heavy atom. The monoisotopic (exact) mass is 617 g/mol. The second kappa shape index (κ2) is 17.2. The Hall–Kier alpha value is -5.13. The van der Waals surface area contributed by atoms with Gasteiger partial charge in [-0.2, -0.15) is 0 Å². The van der Waals surface area contributed by atoms with E-state index in [1.54, 1.807) is 0 Å². The van der Waals surface area contributed by atoms with Crippen LogP contribution < -0.4 is 32.7 Å². The summed E-state index contributed by atoms with van der Waals surface area (Å²) in [5.74, 6) is -1.84. The molecule has 4 amide bonds.